The predicted octanol–water partition coefficient (Wildman–Crippen LogP) is 0.352. The van der Waals surface area contributed by atoms with Gasteiger partial charge in [0.05, 0.1) is 31.5 Å². The van der Waals surface area contributed by atoms with E-state index in [1.54, 1.807) is 5.38 Å². The maximum atomic E-state index is 10.9. The van der Waals surface area contributed by atoms with Crippen LogP contribution in [0.5, 0.6) is 0 Å². The van der Waals surface area contributed by atoms with Gasteiger partial charge in [0.25, 0.3) is 0 Å². The standard InChI is InChI=1S/C11H16N2O3S/c12-11(14)8-3-10(17-7-8)5-13-4-9-6-15-1-2-16-9/h3,7,9,13H,1-2,4-6H2,(H2,12,14). The molecule has 0 saturated carbocycles. The summed E-state index contributed by atoms with van der Waals surface area (Å²) in [5, 5.41) is 5.05. The van der Waals surface area contributed by atoms with Gasteiger partial charge in [-0.15, -0.1) is 11.3 Å². The van der Waals surface area contributed by atoms with E-state index < -0.39 is 0 Å². The van der Waals surface area contributed by atoms with Crippen molar-refractivity contribution >= 4 is 17.2 Å². The van der Waals surface area contributed by atoms with Crippen molar-refractivity contribution in [2.45, 2.75) is 12.6 Å². The van der Waals surface area contributed by atoms with Gasteiger partial charge in [-0.3, -0.25) is 4.79 Å². The molecule has 0 aliphatic carbocycles. The number of thiophene rings is 1. The second-order valence-corrected chi connectivity index (χ2v) is 4.86. The highest BCUT2D eigenvalue weighted by Crippen LogP contribution is 2.13. The fraction of sp³-hybridized carbons (Fsp3) is 0.545. The first-order valence-corrected chi connectivity index (χ1v) is 6.41. The van der Waals surface area contributed by atoms with E-state index in [-0.39, 0.29) is 12.0 Å². The summed E-state index contributed by atoms with van der Waals surface area (Å²) in [6.07, 6.45) is 0.124. The monoisotopic (exact) mass is 256 g/mol. The molecule has 2 heterocycles. The van der Waals surface area contributed by atoms with E-state index >= 15 is 0 Å². The number of carbonyl (C=O) groups excluding carboxylic acids is 1. The van der Waals surface area contributed by atoms with Crippen LogP contribution in [0.15, 0.2) is 11.4 Å². The minimum atomic E-state index is -0.378. The number of ether oxygens (including phenoxy) is 2. The number of nitrogens with two attached hydrogens (primary N) is 1. The smallest absolute Gasteiger partial charge is 0.249 e. The molecule has 1 amide bonds. The Balaban J connectivity index is 1.71. The van der Waals surface area contributed by atoms with Crippen molar-refractivity contribution in [3.8, 4) is 0 Å². The van der Waals surface area contributed by atoms with E-state index in [1.807, 2.05) is 6.07 Å². The highest BCUT2D eigenvalue weighted by atomic mass is 32.1. The largest absolute Gasteiger partial charge is 0.376 e. The molecule has 0 radical (unpaired) electrons. The average molecular weight is 256 g/mol. The van der Waals surface area contributed by atoms with Gasteiger partial charge in [-0.2, -0.15) is 0 Å². The Bertz CT molecular complexity index is 375. The SMILES string of the molecule is NC(=O)c1csc(CNCC2COCCO2)c1. The summed E-state index contributed by atoms with van der Waals surface area (Å²) < 4.78 is 10.8. The van der Waals surface area contributed by atoms with Gasteiger partial charge < -0.3 is 20.5 Å². The van der Waals surface area contributed by atoms with Gasteiger partial charge in [-0.25, -0.2) is 0 Å². The van der Waals surface area contributed by atoms with Crippen LogP contribution in [0.3, 0.4) is 0 Å². The number of amides is 1. The third kappa shape index (κ3) is 3.78. The molecule has 5 nitrogen and oxygen atoms in total. The fourth-order valence-electron chi connectivity index (χ4n) is 1.61. The predicted molar refractivity (Wildman–Crippen MR) is 65.1 cm³/mol. The zero-order chi connectivity index (χ0) is 12.1. The summed E-state index contributed by atoms with van der Waals surface area (Å²) >= 11 is 1.53. The summed E-state index contributed by atoms with van der Waals surface area (Å²) in [5.41, 5.74) is 5.76. The summed E-state index contributed by atoms with van der Waals surface area (Å²) in [6.45, 7) is 3.46. The Morgan fingerprint density at radius 1 is 1.59 bits per heavy atom. The number of hydrogen-bond donors (Lipinski definition) is 2. The number of primary amides is 1. The van der Waals surface area contributed by atoms with Gasteiger partial charge in [0, 0.05) is 23.3 Å². The van der Waals surface area contributed by atoms with Crippen molar-refractivity contribution in [2.75, 3.05) is 26.4 Å². The van der Waals surface area contributed by atoms with E-state index in [0.29, 0.717) is 25.4 Å². The topological polar surface area (TPSA) is 73.6 Å². The summed E-state index contributed by atoms with van der Waals surface area (Å²) in [4.78, 5) is 12.0. The van der Waals surface area contributed by atoms with Gasteiger partial charge in [0.15, 0.2) is 0 Å². The van der Waals surface area contributed by atoms with Crippen molar-refractivity contribution in [2.24, 2.45) is 5.73 Å². The molecule has 1 aliphatic rings. The van der Waals surface area contributed by atoms with Crippen LogP contribution in [0.1, 0.15) is 15.2 Å². The number of carbonyl (C=O) groups is 1. The van der Waals surface area contributed by atoms with E-state index in [9.17, 15) is 4.79 Å². The molecule has 0 aromatic carbocycles. The lowest BCUT2D eigenvalue weighted by atomic mass is 10.3. The Labute approximate surface area is 104 Å². The van der Waals surface area contributed by atoms with E-state index in [1.165, 1.54) is 11.3 Å². The van der Waals surface area contributed by atoms with E-state index in [0.717, 1.165) is 18.0 Å². The van der Waals surface area contributed by atoms with E-state index in [4.69, 9.17) is 15.2 Å². The number of nitrogens with one attached hydrogen (secondary N) is 1. The maximum Gasteiger partial charge on any atom is 0.249 e. The van der Waals surface area contributed by atoms with Crippen LogP contribution in [0.25, 0.3) is 0 Å². The van der Waals surface area contributed by atoms with Crippen LogP contribution >= 0.6 is 11.3 Å². The summed E-state index contributed by atoms with van der Waals surface area (Å²) in [5.74, 6) is -0.378. The van der Waals surface area contributed by atoms with Gasteiger partial charge in [0.2, 0.25) is 5.91 Å². The van der Waals surface area contributed by atoms with Crippen LogP contribution in [-0.4, -0.2) is 38.4 Å². The lowest BCUT2D eigenvalue weighted by Crippen LogP contribution is -2.37. The molecule has 0 spiro atoms. The highest BCUT2D eigenvalue weighted by molar-refractivity contribution is 7.10. The molecule has 6 heteroatoms. The minimum absolute atomic E-state index is 0.124. The normalized spacial score (nSPS) is 20.4. The van der Waals surface area contributed by atoms with E-state index in [2.05, 4.69) is 5.32 Å². The Hall–Kier alpha value is -0.950. The van der Waals surface area contributed by atoms with Crippen LogP contribution < -0.4 is 11.1 Å². The third-order valence-corrected chi connectivity index (χ3v) is 3.43. The first-order chi connectivity index (χ1) is 8.25. The molecule has 1 aliphatic heterocycles. The van der Waals surface area contributed by atoms with Crippen LogP contribution in [-0.2, 0) is 16.0 Å². The molecular formula is C11H16N2O3S. The van der Waals surface area contributed by atoms with Crippen molar-refractivity contribution in [3.63, 3.8) is 0 Å². The second kappa shape index (κ2) is 6.11. The molecule has 94 valence electrons. The summed E-state index contributed by atoms with van der Waals surface area (Å²) in [6, 6.07) is 1.82. The second-order valence-electron chi connectivity index (χ2n) is 3.86. The van der Waals surface area contributed by atoms with Crippen LogP contribution in [0, 0.1) is 0 Å². The van der Waals surface area contributed by atoms with Crippen molar-refractivity contribution in [3.05, 3.63) is 21.9 Å². The quantitative estimate of drug-likeness (QED) is 0.797. The summed E-state index contributed by atoms with van der Waals surface area (Å²) in [7, 11) is 0. The van der Waals surface area contributed by atoms with Gasteiger partial charge in [0.1, 0.15) is 0 Å². The molecular weight excluding hydrogens is 240 g/mol. The molecule has 0 bridgehead atoms. The zero-order valence-corrected chi connectivity index (χ0v) is 10.3. The van der Waals surface area contributed by atoms with Crippen LogP contribution in [0.4, 0.5) is 0 Å². The Morgan fingerprint density at radius 2 is 2.47 bits per heavy atom. The molecule has 2 rings (SSSR count). The van der Waals surface area contributed by atoms with Crippen molar-refractivity contribution in [1.82, 2.24) is 5.32 Å². The van der Waals surface area contributed by atoms with Crippen molar-refractivity contribution in [1.29, 1.82) is 0 Å². The first kappa shape index (κ1) is 12.5. The number of rotatable bonds is 5. The molecule has 1 atom stereocenters. The lowest BCUT2D eigenvalue weighted by molar-refractivity contribution is -0.0864. The molecule has 1 aromatic rings. The molecule has 1 unspecified atom stereocenters. The Kier molecular flexibility index (Phi) is 4.49. The molecule has 1 fully saturated rings. The fourth-order valence-corrected chi connectivity index (χ4v) is 2.46. The van der Waals surface area contributed by atoms with Gasteiger partial charge in [-0.1, -0.05) is 0 Å². The molecule has 1 saturated heterocycles. The minimum Gasteiger partial charge on any atom is -0.376 e. The first-order valence-electron chi connectivity index (χ1n) is 5.53. The average Bonchev–Trinajstić information content (AvgIpc) is 2.79. The molecule has 3 N–H and O–H groups in total. The van der Waals surface area contributed by atoms with Crippen LogP contribution in [0.2, 0.25) is 0 Å². The van der Waals surface area contributed by atoms with Gasteiger partial charge >= 0.3 is 0 Å². The maximum absolute atomic E-state index is 10.9. The number of hydrogen-bond acceptors (Lipinski definition) is 5. The lowest BCUT2D eigenvalue weighted by Gasteiger charge is -2.22. The van der Waals surface area contributed by atoms with Crippen molar-refractivity contribution < 1.29 is 14.3 Å². The Morgan fingerprint density at radius 3 is 3.12 bits per heavy atom. The molecule has 17 heavy (non-hydrogen) atoms. The third-order valence-electron chi connectivity index (χ3n) is 2.49. The van der Waals surface area contributed by atoms with Gasteiger partial charge in [-0.05, 0) is 6.07 Å². The zero-order valence-electron chi connectivity index (χ0n) is 9.48. The molecule has 1 aromatic heterocycles. The highest BCUT2D eigenvalue weighted by Gasteiger charge is 2.13.